The van der Waals surface area contributed by atoms with Gasteiger partial charge in [0.2, 0.25) is 0 Å². The van der Waals surface area contributed by atoms with E-state index in [0.717, 1.165) is 37.8 Å². The van der Waals surface area contributed by atoms with E-state index < -0.39 is 6.03 Å². The molecule has 4 rings (SSSR count). The van der Waals surface area contributed by atoms with Crippen LogP contribution in [0.2, 0.25) is 0 Å². The molecular weight excluding hydrogens is 378 g/mol. The molecule has 30 heavy (non-hydrogen) atoms. The SMILES string of the molecule is CC(=O)OC1CCC2(C)C(=CCC3C2CCC2(C)C(/C(C)=N/NC(N)=O)CCC32)C1. The highest BCUT2D eigenvalue weighted by molar-refractivity contribution is 5.86. The quantitative estimate of drug-likeness (QED) is 0.307. The highest BCUT2D eigenvalue weighted by atomic mass is 16.5. The van der Waals surface area contributed by atoms with Gasteiger partial charge < -0.3 is 10.5 Å². The number of rotatable bonds is 3. The van der Waals surface area contributed by atoms with E-state index in [0.29, 0.717) is 23.7 Å². The van der Waals surface area contributed by atoms with Crippen LogP contribution in [0.3, 0.4) is 0 Å². The molecule has 3 fully saturated rings. The van der Waals surface area contributed by atoms with Crippen molar-refractivity contribution in [3.05, 3.63) is 11.6 Å². The number of hydrazone groups is 1. The van der Waals surface area contributed by atoms with Crippen molar-refractivity contribution in [2.75, 3.05) is 0 Å². The van der Waals surface area contributed by atoms with Gasteiger partial charge in [0.15, 0.2) is 0 Å². The molecule has 6 heteroatoms. The average molecular weight is 416 g/mol. The normalized spacial score (nSPS) is 43.0. The fraction of sp³-hybridized carbons (Fsp3) is 0.792. The third-order valence-corrected chi connectivity index (χ3v) is 9.24. The maximum absolute atomic E-state index is 11.4. The van der Waals surface area contributed by atoms with E-state index in [-0.39, 0.29) is 22.9 Å². The summed E-state index contributed by atoms with van der Waals surface area (Å²) < 4.78 is 5.56. The number of fused-ring (bicyclic) bond motifs is 5. The van der Waals surface area contributed by atoms with E-state index in [4.69, 9.17) is 10.5 Å². The molecule has 6 nitrogen and oxygen atoms in total. The van der Waals surface area contributed by atoms with Crippen LogP contribution in [0.5, 0.6) is 0 Å². The lowest BCUT2D eigenvalue weighted by Crippen LogP contribution is -2.51. The first-order valence-electron chi connectivity index (χ1n) is 11.6. The number of allylic oxidation sites excluding steroid dienone is 1. The van der Waals surface area contributed by atoms with Gasteiger partial charge in [-0.3, -0.25) is 4.79 Å². The number of carbonyl (C=O) groups excluding carboxylic acids is 2. The molecule has 3 N–H and O–H groups in total. The Morgan fingerprint density at radius 3 is 2.60 bits per heavy atom. The molecular formula is C24H37N3O3. The Morgan fingerprint density at radius 2 is 1.90 bits per heavy atom. The van der Waals surface area contributed by atoms with E-state index in [1.165, 1.54) is 31.8 Å². The van der Waals surface area contributed by atoms with Gasteiger partial charge in [-0.25, -0.2) is 10.2 Å². The highest BCUT2D eigenvalue weighted by Gasteiger charge is 2.59. The Kier molecular flexibility index (Phi) is 5.48. The van der Waals surface area contributed by atoms with Crippen LogP contribution in [0, 0.1) is 34.5 Å². The summed E-state index contributed by atoms with van der Waals surface area (Å²) in [6, 6.07) is -0.597. The van der Waals surface area contributed by atoms with Crippen LogP contribution in [-0.4, -0.2) is 23.8 Å². The predicted molar refractivity (Wildman–Crippen MR) is 117 cm³/mol. The summed E-state index contributed by atoms with van der Waals surface area (Å²) in [6.07, 6.45) is 11.5. The maximum Gasteiger partial charge on any atom is 0.332 e. The first-order valence-corrected chi connectivity index (χ1v) is 11.6. The van der Waals surface area contributed by atoms with Gasteiger partial charge in [-0.05, 0) is 80.5 Å². The number of amides is 2. The zero-order valence-electron chi connectivity index (χ0n) is 18.9. The Morgan fingerprint density at radius 1 is 1.13 bits per heavy atom. The van der Waals surface area contributed by atoms with Gasteiger partial charge >= 0.3 is 12.0 Å². The lowest BCUT2D eigenvalue weighted by atomic mass is 9.47. The van der Waals surface area contributed by atoms with Gasteiger partial charge in [0.05, 0.1) is 0 Å². The number of nitrogens with two attached hydrogens (primary N) is 1. The lowest BCUT2D eigenvalue weighted by molar-refractivity contribution is -0.148. The molecule has 0 saturated heterocycles. The average Bonchev–Trinajstić information content (AvgIpc) is 3.03. The Balaban J connectivity index is 1.54. The van der Waals surface area contributed by atoms with Crippen molar-refractivity contribution in [3.8, 4) is 0 Å². The monoisotopic (exact) mass is 415 g/mol. The minimum atomic E-state index is -0.597. The molecule has 166 valence electrons. The second-order valence-electron chi connectivity index (χ2n) is 10.6. The molecule has 0 radical (unpaired) electrons. The van der Waals surface area contributed by atoms with Crippen molar-refractivity contribution in [1.29, 1.82) is 0 Å². The second-order valence-corrected chi connectivity index (χ2v) is 10.6. The van der Waals surface area contributed by atoms with Crippen molar-refractivity contribution < 1.29 is 14.3 Å². The standard InChI is InChI=1S/C24H37N3O3/c1-14(26-27-22(25)29)19-7-8-20-18-6-5-16-13-17(30-15(2)28)9-11-23(16,3)21(18)10-12-24(19,20)4/h5,17-21H,6-13H2,1-4H3,(H3,25,27,29)/b26-14+. The van der Waals surface area contributed by atoms with Gasteiger partial charge in [-0.2, -0.15) is 5.10 Å². The fourth-order valence-electron chi connectivity index (χ4n) is 7.87. The number of nitrogens with one attached hydrogen (secondary N) is 1. The number of esters is 1. The zero-order valence-corrected chi connectivity index (χ0v) is 18.9. The molecule has 4 aliphatic rings. The van der Waals surface area contributed by atoms with Crippen LogP contribution >= 0.6 is 0 Å². The van der Waals surface area contributed by atoms with Crippen molar-refractivity contribution in [2.24, 2.45) is 45.3 Å². The third kappa shape index (κ3) is 3.46. The highest BCUT2D eigenvalue weighted by Crippen LogP contribution is 2.66. The fourth-order valence-corrected chi connectivity index (χ4v) is 7.87. The molecule has 7 atom stereocenters. The van der Waals surface area contributed by atoms with Crippen molar-refractivity contribution >= 4 is 17.7 Å². The molecule has 0 aliphatic heterocycles. The molecule has 0 aromatic carbocycles. The number of hydrogen-bond donors (Lipinski definition) is 2. The number of nitrogens with zero attached hydrogens (tertiary/aromatic N) is 1. The van der Waals surface area contributed by atoms with Gasteiger partial charge in [0.25, 0.3) is 0 Å². The topological polar surface area (TPSA) is 93.8 Å². The molecule has 7 unspecified atom stereocenters. The van der Waals surface area contributed by atoms with Gasteiger partial charge in [0, 0.05) is 25.0 Å². The lowest BCUT2D eigenvalue weighted by Gasteiger charge is -2.58. The zero-order chi connectivity index (χ0) is 21.7. The van der Waals surface area contributed by atoms with Crippen LogP contribution in [0.1, 0.15) is 79.1 Å². The number of ether oxygens (including phenoxy) is 1. The summed E-state index contributed by atoms with van der Waals surface area (Å²) in [7, 11) is 0. The second kappa shape index (κ2) is 7.69. The number of primary amides is 1. The minimum Gasteiger partial charge on any atom is -0.462 e. The van der Waals surface area contributed by atoms with Gasteiger partial charge in [-0.1, -0.05) is 25.5 Å². The summed E-state index contributed by atoms with van der Waals surface area (Å²) in [4.78, 5) is 22.5. The summed E-state index contributed by atoms with van der Waals surface area (Å²) in [6.45, 7) is 8.48. The number of carbonyl (C=O) groups is 2. The summed E-state index contributed by atoms with van der Waals surface area (Å²) >= 11 is 0. The Labute approximate surface area is 180 Å². The summed E-state index contributed by atoms with van der Waals surface area (Å²) in [5.41, 5.74) is 10.7. The molecule has 2 amide bonds. The first kappa shape index (κ1) is 21.4. The molecule has 3 saturated carbocycles. The predicted octanol–water partition coefficient (Wildman–Crippen LogP) is 4.54. The van der Waals surface area contributed by atoms with Crippen LogP contribution < -0.4 is 11.2 Å². The third-order valence-electron chi connectivity index (χ3n) is 9.24. The molecule has 0 aromatic heterocycles. The van der Waals surface area contributed by atoms with E-state index in [1.54, 1.807) is 0 Å². The van der Waals surface area contributed by atoms with Crippen LogP contribution in [0.25, 0.3) is 0 Å². The molecule has 0 bridgehead atoms. The van der Waals surface area contributed by atoms with Crippen LogP contribution in [0.4, 0.5) is 4.79 Å². The largest absolute Gasteiger partial charge is 0.462 e. The first-order chi connectivity index (χ1) is 14.1. The van der Waals surface area contributed by atoms with Crippen molar-refractivity contribution in [2.45, 2.75) is 85.2 Å². The van der Waals surface area contributed by atoms with Gasteiger partial charge in [0.1, 0.15) is 6.10 Å². The van der Waals surface area contributed by atoms with Crippen LogP contribution in [0.15, 0.2) is 16.8 Å². The molecule has 0 aromatic rings. The van der Waals surface area contributed by atoms with E-state index in [9.17, 15) is 9.59 Å². The summed E-state index contributed by atoms with van der Waals surface area (Å²) in [5.74, 6) is 2.37. The Bertz CT molecular complexity index is 791. The van der Waals surface area contributed by atoms with Crippen molar-refractivity contribution in [3.63, 3.8) is 0 Å². The molecule has 0 spiro atoms. The maximum atomic E-state index is 11.4. The van der Waals surface area contributed by atoms with E-state index in [2.05, 4.69) is 30.5 Å². The number of hydrogen-bond acceptors (Lipinski definition) is 4. The molecule has 0 heterocycles. The Hall–Kier alpha value is -1.85. The minimum absolute atomic E-state index is 0.0553. The van der Waals surface area contributed by atoms with Crippen molar-refractivity contribution in [1.82, 2.24) is 5.43 Å². The van der Waals surface area contributed by atoms with E-state index >= 15 is 0 Å². The van der Waals surface area contributed by atoms with E-state index in [1.807, 2.05) is 6.92 Å². The van der Waals surface area contributed by atoms with Crippen LogP contribution in [-0.2, 0) is 9.53 Å². The number of urea groups is 1. The molecule has 4 aliphatic carbocycles. The summed E-state index contributed by atoms with van der Waals surface area (Å²) in [5, 5.41) is 4.30. The smallest absolute Gasteiger partial charge is 0.332 e. The van der Waals surface area contributed by atoms with Gasteiger partial charge in [-0.15, -0.1) is 0 Å².